The number of hydrogen-bond acceptors (Lipinski definition) is 4. The molecule has 0 bridgehead atoms. The monoisotopic (exact) mass is 198 g/mol. The minimum absolute atomic E-state index is 0.0799. The van der Waals surface area contributed by atoms with Gasteiger partial charge < -0.3 is 10.2 Å². The van der Waals surface area contributed by atoms with Crippen molar-refractivity contribution in [3.63, 3.8) is 0 Å². The lowest BCUT2D eigenvalue weighted by Gasteiger charge is -2.06. The van der Waals surface area contributed by atoms with Gasteiger partial charge in [0.15, 0.2) is 5.78 Å². The third-order valence-corrected chi connectivity index (χ3v) is 2.32. The second kappa shape index (κ2) is 4.41. The fourth-order valence-corrected chi connectivity index (χ4v) is 1.70. The summed E-state index contributed by atoms with van der Waals surface area (Å²) in [4.78, 5) is 11.7. The first kappa shape index (κ1) is 10.2. The van der Waals surface area contributed by atoms with Crippen LogP contribution >= 0.6 is 11.8 Å². The van der Waals surface area contributed by atoms with E-state index in [2.05, 4.69) is 0 Å². The Kier molecular flexibility index (Phi) is 3.48. The van der Waals surface area contributed by atoms with Gasteiger partial charge in [0.05, 0.1) is 0 Å². The molecule has 0 atom stereocenters. The van der Waals surface area contributed by atoms with Crippen molar-refractivity contribution < 1.29 is 15.0 Å². The van der Waals surface area contributed by atoms with E-state index in [4.69, 9.17) is 10.2 Å². The number of carbonyl (C=O) groups excluding carboxylic acids is 1. The number of ketones is 1. The number of hydrogen-bond donors (Lipinski definition) is 2. The molecule has 4 heteroatoms. The molecule has 0 aliphatic heterocycles. The Labute approximate surface area is 80.4 Å². The highest BCUT2D eigenvalue weighted by Gasteiger charge is 2.09. The highest BCUT2D eigenvalue weighted by atomic mass is 32.2. The van der Waals surface area contributed by atoms with E-state index >= 15 is 0 Å². The van der Waals surface area contributed by atoms with Crippen molar-refractivity contribution in [1.29, 1.82) is 0 Å². The average molecular weight is 198 g/mol. The van der Waals surface area contributed by atoms with Crippen molar-refractivity contribution in [3.05, 3.63) is 29.8 Å². The molecule has 1 aromatic carbocycles. The molecule has 2 N–H and O–H groups in total. The molecule has 0 aliphatic carbocycles. The Balaban J connectivity index is 2.98. The molecular weight excluding hydrogens is 188 g/mol. The van der Waals surface area contributed by atoms with Gasteiger partial charge in [-0.15, -0.1) is 0 Å². The number of aliphatic hydroxyl groups is 2. The molecule has 13 heavy (non-hydrogen) atoms. The van der Waals surface area contributed by atoms with Gasteiger partial charge in [-0.2, -0.15) is 0 Å². The lowest BCUT2D eigenvalue weighted by atomic mass is 10.1. The number of aliphatic hydroxyl groups excluding tert-OH is 1. The number of benzene rings is 1. The molecule has 0 spiro atoms. The zero-order chi connectivity index (χ0) is 9.84. The van der Waals surface area contributed by atoms with Gasteiger partial charge in [-0.1, -0.05) is 30.0 Å². The predicted molar refractivity (Wildman–Crippen MR) is 50.5 cm³/mol. The van der Waals surface area contributed by atoms with Crippen LogP contribution in [0.4, 0.5) is 0 Å². The molecule has 0 heterocycles. The van der Waals surface area contributed by atoms with Gasteiger partial charge in [-0.05, 0) is 13.0 Å². The maximum absolute atomic E-state index is 11.1. The summed E-state index contributed by atoms with van der Waals surface area (Å²) in [7, 11) is 0. The molecule has 0 aliphatic rings. The molecule has 3 nitrogen and oxygen atoms in total. The van der Waals surface area contributed by atoms with Crippen LogP contribution in [-0.4, -0.2) is 21.6 Å². The Morgan fingerprint density at radius 3 is 2.54 bits per heavy atom. The van der Waals surface area contributed by atoms with Crippen LogP contribution in [0.3, 0.4) is 0 Å². The number of rotatable bonds is 3. The summed E-state index contributed by atoms with van der Waals surface area (Å²) in [6, 6.07) is 6.83. The third-order valence-electron chi connectivity index (χ3n) is 1.50. The normalized spacial score (nSPS) is 10.5. The summed E-state index contributed by atoms with van der Waals surface area (Å²) in [6.07, 6.45) is 0. The van der Waals surface area contributed by atoms with Gasteiger partial charge in [0.2, 0.25) is 5.62 Å². The largest absolute Gasteiger partial charge is 0.359 e. The van der Waals surface area contributed by atoms with E-state index in [1.165, 1.54) is 6.92 Å². The van der Waals surface area contributed by atoms with E-state index in [0.717, 1.165) is 11.8 Å². The maximum Gasteiger partial charge on any atom is 0.206 e. The number of thioether (sulfide) groups is 1. The van der Waals surface area contributed by atoms with Crippen LogP contribution in [0.5, 0.6) is 0 Å². The molecule has 0 fully saturated rings. The van der Waals surface area contributed by atoms with Crippen molar-refractivity contribution in [3.8, 4) is 0 Å². The number of Topliss-reactive ketones (excluding diaryl/α,β-unsaturated/α-hetero) is 1. The van der Waals surface area contributed by atoms with E-state index in [-0.39, 0.29) is 5.78 Å². The minimum Gasteiger partial charge on any atom is -0.359 e. The van der Waals surface area contributed by atoms with E-state index in [9.17, 15) is 4.79 Å². The Hall–Kier alpha value is -0.840. The molecule has 0 radical (unpaired) electrons. The van der Waals surface area contributed by atoms with Crippen LogP contribution in [0.25, 0.3) is 0 Å². The first-order valence-electron chi connectivity index (χ1n) is 3.74. The minimum atomic E-state index is -1.49. The highest BCUT2D eigenvalue weighted by molar-refractivity contribution is 7.99. The molecular formula is C9H10O3S. The van der Waals surface area contributed by atoms with E-state index in [1.54, 1.807) is 24.3 Å². The average Bonchev–Trinajstić information content (AvgIpc) is 2.03. The zero-order valence-corrected chi connectivity index (χ0v) is 7.91. The Morgan fingerprint density at radius 2 is 2.00 bits per heavy atom. The topological polar surface area (TPSA) is 57.5 Å². The Bertz CT molecular complexity index is 309. The van der Waals surface area contributed by atoms with Crippen LogP contribution in [0.2, 0.25) is 0 Å². The molecule has 1 rings (SSSR count). The molecule has 70 valence electrons. The lowest BCUT2D eigenvalue weighted by Crippen LogP contribution is -2.00. The summed E-state index contributed by atoms with van der Waals surface area (Å²) >= 11 is 0.844. The van der Waals surface area contributed by atoms with Crippen LogP contribution in [0, 0.1) is 0 Å². The maximum atomic E-state index is 11.1. The van der Waals surface area contributed by atoms with Crippen LogP contribution in [0.1, 0.15) is 17.3 Å². The van der Waals surface area contributed by atoms with Gasteiger partial charge in [-0.3, -0.25) is 4.79 Å². The SMILES string of the molecule is CC(=O)c1ccccc1SC(O)O. The summed E-state index contributed by atoms with van der Waals surface area (Å²) in [6.45, 7) is 1.45. The first-order chi connectivity index (χ1) is 6.11. The Morgan fingerprint density at radius 1 is 1.38 bits per heavy atom. The quantitative estimate of drug-likeness (QED) is 0.436. The summed E-state index contributed by atoms with van der Waals surface area (Å²) < 4.78 is 0. The van der Waals surface area contributed by atoms with Crippen LogP contribution in [-0.2, 0) is 0 Å². The van der Waals surface area contributed by atoms with Gasteiger partial charge in [0.1, 0.15) is 0 Å². The fourth-order valence-electron chi connectivity index (χ4n) is 0.974. The smallest absolute Gasteiger partial charge is 0.206 e. The van der Waals surface area contributed by atoms with Crippen molar-refractivity contribution in [2.24, 2.45) is 0 Å². The zero-order valence-electron chi connectivity index (χ0n) is 7.10. The van der Waals surface area contributed by atoms with Gasteiger partial charge in [0.25, 0.3) is 0 Å². The second-order valence-corrected chi connectivity index (χ2v) is 3.59. The fraction of sp³-hybridized carbons (Fsp3) is 0.222. The van der Waals surface area contributed by atoms with Crippen molar-refractivity contribution >= 4 is 17.5 Å². The van der Waals surface area contributed by atoms with Crippen molar-refractivity contribution in [1.82, 2.24) is 0 Å². The van der Waals surface area contributed by atoms with Crippen molar-refractivity contribution in [2.45, 2.75) is 17.4 Å². The van der Waals surface area contributed by atoms with E-state index < -0.39 is 5.62 Å². The highest BCUT2D eigenvalue weighted by Crippen LogP contribution is 2.24. The van der Waals surface area contributed by atoms with Crippen molar-refractivity contribution in [2.75, 3.05) is 0 Å². The van der Waals surface area contributed by atoms with Crippen LogP contribution in [0.15, 0.2) is 29.2 Å². The molecule has 0 amide bonds. The summed E-state index contributed by atoms with van der Waals surface area (Å²) in [5, 5.41) is 17.4. The summed E-state index contributed by atoms with van der Waals surface area (Å²) in [5.74, 6) is -0.0799. The predicted octanol–water partition coefficient (Wildman–Crippen LogP) is 1.25. The lowest BCUT2D eigenvalue weighted by molar-refractivity contribution is 0.0405. The second-order valence-electron chi connectivity index (χ2n) is 2.50. The molecule has 1 aromatic rings. The van der Waals surface area contributed by atoms with Gasteiger partial charge >= 0.3 is 0 Å². The standard InChI is InChI=1S/C9H10O3S/c1-6(10)7-4-2-3-5-8(7)13-9(11)12/h2-5,9,11-12H,1H3. The van der Waals surface area contributed by atoms with Crippen LogP contribution < -0.4 is 0 Å². The number of carbonyl (C=O) groups is 1. The molecule has 0 aromatic heterocycles. The van der Waals surface area contributed by atoms with E-state index in [1.807, 2.05) is 0 Å². The summed E-state index contributed by atoms with van der Waals surface area (Å²) in [5.41, 5.74) is -0.971. The van der Waals surface area contributed by atoms with E-state index in [0.29, 0.717) is 10.5 Å². The molecule has 0 saturated heterocycles. The van der Waals surface area contributed by atoms with Gasteiger partial charge in [0, 0.05) is 10.5 Å². The first-order valence-corrected chi connectivity index (χ1v) is 4.62. The molecule has 0 unspecified atom stereocenters. The molecule has 0 saturated carbocycles. The third kappa shape index (κ3) is 2.84. The van der Waals surface area contributed by atoms with Gasteiger partial charge in [-0.25, -0.2) is 0 Å².